The maximum Gasteiger partial charge on any atom is 0.309 e. The highest BCUT2D eigenvalue weighted by atomic mass is 16.5. The summed E-state index contributed by atoms with van der Waals surface area (Å²) in [5, 5.41) is 0. The van der Waals surface area contributed by atoms with Crippen molar-refractivity contribution in [1.29, 1.82) is 0 Å². The second-order valence-corrected chi connectivity index (χ2v) is 9.64. The Morgan fingerprint density at radius 1 is 0.889 bits per heavy atom. The molecule has 0 fully saturated rings. The van der Waals surface area contributed by atoms with Crippen LogP contribution in [0.25, 0.3) is 0 Å². The van der Waals surface area contributed by atoms with E-state index in [-0.39, 0.29) is 23.7 Å². The standard InChI is InChI=1S/C32H32N2O2/c1-23-19-20-28(30(24(23)2)31(35)36-3)29-21-34(22-33-29)32(25-13-7-4-8-14-25,26-15-9-5-10-16-26)27-17-11-6-12-18-27/h4-19,21-22,24,28,30H,20H2,1-3H3/t24?,28-,30+/m0/s1. The maximum atomic E-state index is 12.9. The molecule has 0 bridgehead atoms. The number of imidazole rings is 1. The number of esters is 1. The first-order chi connectivity index (χ1) is 17.6. The summed E-state index contributed by atoms with van der Waals surface area (Å²) in [4.78, 5) is 17.8. The summed E-state index contributed by atoms with van der Waals surface area (Å²) in [6, 6.07) is 31.7. The molecule has 4 heteroatoms. The van der Waals surface area contributed by atoms with E-state index in [1.165, 1.54) is 12.7 Å². The van der Waals surface area contributed by atoms with Crippen LogP contribution in [0.4, 0.5) is 0 Å². The molecule has 0 saturated carbocycles. The monoisotopic (exact) mass is 476 g/mol. The molecule has 1 unspecified atom stereocenters. The second-order valence-electron chi connectivity index (χ2n) is 9.64. The van der Waals surface area contributed by atoms with E-state index < -0.39 is 5.54 Å². The van der Waals surface area contributed by atoms with Crippen LogP contribution in [0.5, 0.6) is 0 Å². The van der Waals surface area contributed by atoms with Gasteiger partial charge in [0.1, 0.15) is 5.54 Å². The van der Waals surface area contributed by atoms with Gasteiger partial charge in [0.05, 0.1) is 25.0 Å². The number of ether oxygens (including phenoxy) is 1. The minimum Gasteiger partial charge on any atom is -0.469 e. The summed E-state index contributed by atoms with van der Waals surface area (Å²) < 4.78 is 7.46. The highest BCUT2D eigenvalue weighted by Gasteiger charge is 2.42. The van der Waals surface area contributed by atoms with Gasteiger partial charge in [-0.1, -0.05) is 110 Å². The Morgan fingerprint density at radius 2 is 1.39 bits per heavy atom. The van der Waals surface area contributed by atoms with Gasteiger partial charge in [-0.2, -0.15) is 0 Å². The van der Waals surface area contributed by atoms with Crippen molar-refractivity contribution < 1.29 is 9.53 Å². The number of carbonyl (C=O) groups is 1. The average molecular weight is 477 g/mol. The number of allylic oxidation sites excluding steroid dienone is 2. The lowest BCUT2D eigenvalue weighted by molar-refractivity contribution is -0.148. The van der Waals surface area contributed by atoms with Crippen molar-refractivity contribution in [3.63, 3.8) is 0 Å². The molecule has 4 aromatic rings. The number of nitrogens with zero attached hydrogens (tertiary/aromatic N) is 2. The third kappa shape index (κ3) is 3.97. The van der Waals surface area contributed by atoms with Crippen LogP contribution < -0.4 is 0 Å². The SMILES string of the molecule is COC(=O)[C@@H]1C(C)C(C)=CC[C@H]1c1cn(C(c2ccccc2)(c2ccccc2)c2ccccc2)cn1. The fourth-order valence-electron chi connectivity index (χ4n) is 5.78. The van der Waals surface area contributed by atoms with Gasteiger partial charge in [0.15, 0.2) is 0 Å². The Morgan fingerprint density at radius 3 is 1.86 bits per heavy atom. The van der Waals surface area contributed by atoms with Crippen LogP contribution in [0, 0.1) is 11.8 Å². The summed E-state index contributed by atoms with van der Waals surface area (Å²) in [5.74, 6) is -0.376. The zero-order valence-electron chi connectivity index (χ0n) is 21.0. The van der Waals surface area contributed by atoms with Gasteiger partial charge in [-0.05, 0) is 36.0 Å². The van der Waals surface area contributed by atoms with E-state index in [9.17, 15) is 4.79 Å². The molecule has 4 nitrogen and oxygen atoms in total. The smallest absolute Gasteiger partial charge is 0.309 e. The fourth-order valence-corrected chi connectivity index (χ4v) is 5.78. The van der Waals surface area contributed by atoms with Crippen LogP contribution >= 0.6 is 0 Å². The average Bonchev–Trinajstić information content (AvgIpc) is 3.42. The van der Waals surface area contributed by atoms with Crippen molar-refractivity contribution in [3.05, 3.63) is 138 Å². The molecule has 3 atom stereocenters. The van der Waals surface area contributed by atoms with E-state index in [0.717, 1.165) is 28.8 Å². The molecular formula is C32H32N2O2. The zero-order chi connectivity index (χ0) is 25.1. The van der Waals surface area contributed by atoms with Gasteiger partial charge in [0.25, 0.3) is 0 Å². The lowest BCUT2D eigenvalue weighted by Crippen LogP contribution is -2.37. The summed E-state index contributed by atoms with van der Waals surface area (Å²) in [6.07, 6.45) is 7.07. The number of hydrogen-bond acceptors (Lipinski definition) is 3. The summed E-state index contributed by atoms with van der Waals surface area (Å²) >= 11 is 0. The molecule has 36 heavy (non-hydrogen) atoms. The van der Waals surface area contributed by atoms with Gasteiger partial charge in [0.2, 0.25) is 0 Å². The predicted octanol–water partition coefficient (Wildman–Crippen LogP) is 6.58. The third-order valence-corrected chi connectivity index (χ3v) is 7.80. The van der Waals surface area contributed by atoms with Crippen LogP contribution in [0.1, 0.15) is 48.6 Å². The van der Waals surface area contributed by atoms with Gasteiger partial charge in [-0.15, -0.1) is 0 Å². The van der Waals surface area contributed by atoms with Crippen LogP contribution in [-0.2, 0) is 15.1 Å². The quantitative estimate of drug-likeness (QED) is 0.179. The van der Waals surface area contributed by atoms with E-state index in [2.05, 4.69) is 103 Å². The Bertz CT molecular complexity index is 1250. The number of rotatable bonds is 6. The van der Waals surface area contributed by atoms with Gasteiger partial charge >= 0.3 is 5.97 Å². The molecule has 0 N–H and O–H groups in total. The van der Waals surface area contributed by atoms with Gasteiger partial charge in [0, 0.05) is 12.1 Å². The Kier molecular flexibility index (Phi) is 6.60. The summed E-state index contributed by atoms with van der Waals surface area (Å²) in [5.41, 5.74) is 4.94. The normalized spacial score (nSPS) is 20.0. The first-order valence-corrected chi connectivity index (χ1v) is 12.5. The highest BCUT2D eigenvalue weighted by Crippen LogP contribution is 2.44. The van der Waals surface area contributed by atoms with E-state index >= 15 is 0 Å². The van der Waals surface area contributed by atoms with Crippen molar-refractivity contribution in [2.45, 2.75) is 31.7 Å². The van der Waals surface area contributed by atoms with E-state index in [1.807, 2.05) is 24.5 Å². The van der Waals surface area contributed by atoms with Crippen molar-refractivity contribution in [3.8, 4) is 0 Å². The van der Waals surface area contributed by atoms with Gasteiger partial charge in [-0.3, -0.25) is 4.79 Å². The largest absolute Gasteiger partial charge is 0.469 e. The predicted molar refractivity (Wildman–Crippen MR) is 143 cm³/mol. The molecule has 0 amide bonds. The van der Waals surface area contributed by atoms with Gasteiger partial charge in [-0.25, -0.2) is 4.98 Å². The first-order valence-electron chi connectivity index (χ1n) is 12.5. The molecular weight excluding hydrogens is 444 g/mol. The Labute approximate surface area is 213 Å². The minimum absolute atomic E-state index is 0.0441. The topological polar surface area (TPSA) is 44.1 Å². The van der Waals surface area contributed by atoms with Crippen LogP contribution in [0.2, 0.25) is 0 Å². The lowest BCUT2D eigenvalue weighted by Gasteiger charge is -2.37. The molecule has 5 rings (SSSR count). The summed E-state index contributed by atoms with van der Waals surface area (Å²) in [7, 11) is 1.48. The second kappa shape index (κ2) is 9.98. The molecule has 0 spiro atoms. The Hall–Kier alpha value is -3.92. The van der Waals surface area contributed by atoms with Crippen molar-refractivity contribution in [2.24, 2.45) is 11.8 Å². The highest BCUT2D eigenvalue weighted by molar-refractivity contribution is 5.74. The number of carbonyl (C=O) groups excluding carboxylic acids is 1. The zero-order valence-corrected chi connectivity index (χ0v) is 21.0. The Balaban J connectivity index is 1.73. The molecule has 1 aliphatic carbocycles. The summed E-state index contributed by atoms with van der Waals surface area (Å²) in [6.45, 7) is 4.21. The number of hydrogen-bond donors (Lipinski definition) is 0. The van der Waals surface area contributed by atoms with Crippen LogP contribution in [0.15, 0.2) is 115 Å². The number of methoxy groups -OCH3 is 1. The molecule has 0 aliphatic heterocycles. The van der Waals surface area contributed by atoms with E-state index in [0.29, 0.717) is 0 Å². The molecule has 182 valence electrons. The van der Waals surface area contributed by atoms with Crippen LogP contribution in [-0.4, -0.2) is 22.6 Å². The molecule has 1 aromatic heterocycles. The number of aromatic nitrogens is 2. The van der Waals surface area contributed by atoms with E-state index in [4.69, 9.17) is 9.72 Å². The van der Waals surface area contributed by atoms with Crippen molar-refractivity contribution >= 4 is 5.97 Å². The number of benzene rings is 3. The molecule has 3 aromatic carbocycles. The lowest BCUT2D eigenvalue weighted by atomic mass is 9.72. The van der Waals surface area contributed by atoms with Crippen molar-refractivity contribution in [2.75, 3.05) is 7.11 Å². The molecule has 1 heterocycles. The minimum atomic E-state index is -0.623. The van der Waals surface area contributed by atoms with Crippen molar-refractivity contribution in [1.82, 2.24) is 9.55 Å². The molecule has 1 aliphatic rings. The fraction of sp³-hybridized carbons (Fsp3) is 0.250. The van der Waals surface area contributed by atoms with Gasteiger partial charge < -0.3 is 9.30 Å². The van der Waals surface area contributed by atoms with E-state index in [1.54, 1.807) is 0 Å². The first kappa shape index (κ1) is 23.8. The molecule has 0 saturated heterocycles. The maximum absolute atomic E-state index is 12.9. The van der Waals surface area contributed by atoms with Crippen LogP contribution in [0.3, 0.4) is 0 Å². The molecule has 0 radical (unpaired) electrons. The third-order valence-electron chi connectivity index (χ3n) is 7.80.